The minimum absolute atomic E-state index is 0.0484. The van der Waals surface area contributed by atoms with Crippen LogP contribution in [0.15, 0.2) is 24.8 Å². The molecule has 1 atom stereocenters. The zero-order valence-corrected chi connectivity index (χ0v) is 13.9. The van der Waals surface area contributed by atoms with Crippen molar-refractivity contribution >= 4 is 23.3 Å². The summed E-state index contributed by atoms with van der Waals surface area (Å²) in [5.74, 6) is 0.727. The molecule has 1 fully saturated rings. The highest BCUT2D eigenvalue weighted by atomic mass is 16.2. The maximum Gasteiger partial charge on any atom is 0.246 e. The second-order valence-corrected chi connectivity index (χ2v) is 6.46. The Kier molecular flexibility index (Phi) is 5.08. The van der Waals surface area contributed by atoms with E-state index < -0.39 is 6.04 Å². The molecular weight excluding hydrogens is 306 g/mol. The lowest BCUT2D eigenvalue weighted by Gasteiger charge is -2.22. The van der Waals surface area contributed by atoms with Crippen LogP contribution in [0.5, 0.6) is 0 Å². The Labute approximate surface area is 140 Å². The number of amides is 2. The number of aromatic nitrogens is 3. The summed E-state index contributed by atoms with van der Waals surface area (Å²) in [6.45, 7) is 1.69. The minimum Gasteiger partial charge on any atom is -0.345 e. The first kappa shape index (κ1) is 16.4. The van der Waals surface area contributed by atoms with E-state index in [9.17, 15) is 9.59 Å². The summed E-state index contributed by atoms with van der Waals surface area (Å²) in [7, 11) is 0. The van der Waals surface area contributed by atoms with E-state index in [2.05, 4.69) is 20.6 Å². The van der Waals surface area contributed by atoms with Crippen molar-refractivity contribution in [3.63, 3.8) is 0 Å². The van der Waals surface area contributed by atoms with Gasteiger partial charge >= 0.3 is 0 Å². The second kappa shape index (κ2) is 7.42. The molecule has 0 bridgehead atoms. The van der Waals surface area contributed by atoms with Crippen molar-refractivity contribution in [3.05, 3.63) is 24.8 Å². The summed E-state index contributed by atoms with van der Waals surface area (Å²) < 4.78 is 1.72. The van der Waals surface area contributed by atoms with Gasteiger partial charge in [0.15, 0.2) is 0 Å². The number of carbonyl (C=O) groups excluding carboxylic acids is 2. The van der Waals surface area contributed by atoms with Crippen LogP contribution < -0.4 is 10.6 Å². The minimum atomic E-state index is -0.584. The van der Waals surface area contributed by atoms with E-state index in [0.717, 1.165) is 12.8 Å². The van der Waals surface area contributed by atoms with Crippen LogP contribution >= 0.6 is 0 Å². The van der Waals surface area contributed by atoms with Crippen LogP contribution in [0.3, 0.4) is 0 Å². The van der Waals surface area contributed by atoms with E-state index in [1.54, 1.807) is 36.1 Å². The molecular formula is C17H23N5O2. The topological polar surface area (TPSA) is 88.4 Å². The summed E-state index contributed by atoms with van der Waals surface area (Å²) in [6.07, 6.45) is 13.1. The number of carbonyl (C=O) groups is 2. The van der Waals surface area contributed by atoms with Crippen LogP contribution in [0.2, 0.25) is 0 Å². The fraction of sp³-hybridized carbons (Fsp3) is 0.529. The Morgan fingerprint density at radius 1 is 1.29 bits per heavy atom. The fourth-order valence-corrected chi connectivity index (χ4v) is 3.15. The van der Waals surface area contributed by atoms with Gasteiger partial charge in [0.05, 0.1) is 11.9 Å². The number of imidazole rings is 1. The van der Waals surface area contributed by atoms with Crippen LogP contribution in [0.4, 0.5) is 5.69 Å². The standard InChI is InChI=1S/C17H23N5O2/c1-12(20-15(23)9-13-5-3-2-4-6-13)16(24)21-14-10-19-17-18-7-8-22(17)11-14/h7-8,10-13H,2-6,9H2,1H3,(H,20,23)(H,21,24). The molecule has 7 heteroatoms. The normalized spacial score (nSPS) is 16.7. The van der Waals surface area contributed by atoms with Crippen molar-refractivity contribution in [1.82, 2.24) is 19.7 Å². The van der Waals surface area contributed by atoms with E-state index >= 15 is 0 Å². The smallest absolute Gasteiger partial charge is 0.246 e. The molecule has 7 nitrogen and oxygen atoms in total. The Bertz CT molecular complexity index is 721. The summed E-state index contributed by atoms with van der Waals surface area (Å²) in [5.41, 5.74) is 0.568. The number of fused-ring (bicyclic) bond motifs is 1. The average Bonchev–Trinajstić information content (AvgIpc) is 3.03. The number of anilines is 1. The quantitative estimate of drug-likeness (QED) is 0.879. The molecule has 3 rings (SSSR count). The van der Waals surface area contributed by atoms with Crippen molar-refractivity contribution in [2.45, 2.75) is 51.5 Å². The number of hydrogen-bond acceptors (Lipinski definition) is 4. The maximum atomic E-state index is 12.2. The van der Waals surface area contributed by atoms with Crippen LogP contribution in [-0.2, 0) is 9.59 Å². The fourth-order valence-electron chi connectivity index (χ4n) is 3.15. The van der Waals surface area contributed by atoms with Crippen molar-refractivity contribution < 1.29 is 9.59 Å². The SMILES string of the molecule is CC(NC(=O)CC1CCCCC1)C(=O)Nc1cnc2nccn2c1. The van der Waals surface area contributed by atoms with Crippen LogP contribution in [0.1, 0.15) is 45.4 Å². The lowest BCUT2D eigenvalue weighted by Crippen LogP contribution is -2.42. The predicted octanol–water partition coefficient (Wildman–Crippen LogP) is 2.14. The Balaban J connectivity index is 1.51. The highest BCUT2D eigenvalue weighted by molar-refractivity contribution is 5.96. The summed E-state index contributed by atoms with van der Waals surface area (Å²) in [5, 5.41) is 5.56. The molecule has 1 saturated carbocycles. The average molecular weight is 329 g/mol. The van der Waals surface area contributed by atoms with Crippen molar-refractivity contribution in [1.29, 1.82) is 0 Å². The maximum absolute atomic E-state index is 12.2. The third-order valence-corrected chi connectivity index (χ3v) is 4.48. The molecule has 2 amide bonds. The van der Waals surface area contributed by atoms with Gasteiger partial charge in [-0.15, -0.1) is 0 Å². The first-order valence-electron chi connectivity index (χ1n) is 8.51. The molecule has 0 saturated heterocycles. The molecule has 0 aromatic carbocycles. The molecule has 1 unspecified atom stereocenters. The Hall–Kier alpha value is -2.44. The van der Waals surface area contributed by atoms with Gasteiger partial charge in [0.1, 0.15) is 6.04 Å². The molecule has 2 heterocycles. The summed E-state index contributed by atoms with van der Waals surface area (Å²) in [6, 6.07) is -0.584. The van der Waals surface area contributed by atoms with E-state index in [0.29, 0.717) is 23.8 Å². The molecule has 24 heavy (non-hydrogen) atoms. The van der Waals surface area contributed by atoms with Crippen LogP contribution in [0, 0.1) is 5.92 Å². The van der Waals surface area contributed by atoms with E-state index in [4.69, 9.17) is 0 Å². The van der Waals surface area contributed by atoms with E-state index in [1.165, 1.54) is 19.3 Å². The lowest BCUT2D eigenvalue weighted by molar-refractivity contribution is -0.126. The molecule has 2 N–H and O–H groups in total. The van der Waals surface area contributed by atoms with Gasteiger partial charge in [-0.05, 0) is 25.7 Å². The number of rotatable bonds is 5. The van der Waals surface area contributed by atoms with Gasteiger partial charge < -0.3 is 10.6 Å². The zero-order valence-electron chi connectivity index (χ0n) is 13.9. The lowest BCUT2D eigenvalue weighted by atomic mass is 9.87. The summed E-state index contributed by atoms with van der Waals surface area (Å²) in [4.78, 5) is 32.5. The highest BCUT2D eigenvalue weighted by Gasteiger charge is 2.20. The first-order chi connectivity index (χ1) is 11.6. The Morgan fingerprint density at radius 3 is 2.88 bits per heavy atom. The third kappa shape index (κ3) is 4.10. The predicted molar refractivity (Wildman–Crippen MR) is 90.4 cm³/mol. The number of nitrogens with one attached hydrogen (secondary N) is 2. The molecule has 1 aliphatic carbocycles. The number of nitrogens with zero attached hydrogens (tertiary/aromatic N) is 3. The van der Waals surface area contributed by atoms with Crippen molar-refractivity contribution in [2.24, 2.45) is 5.92 Å². The van der Waals surface area contributed by atoms with Gasteiger partial charge in [0.2, 0.25) is 17.6 Å². The molecule has 2 aromatic heterocycles. The second-order valence-electron chi connectivity index (χ2n) is 6.46. The monoisotopic (exact) mass is 329 g/mol. The van der Waals surface area contributed by atoms with Gasteiger partial charge in [-0.25, -0.2) is 9.97 Å². The van der Waals surface area contributed by atoms with Gasteiger partial charge in [-0.2, -0.15) is 0 Å². The number of hydrogen-bond donors (Lipinski definition) is 2. The molecule has 0 spiro atoms. The molecule has 0 aliphatic heterocycles. The van der Waals surface area contributed by atoms with Crippen LogP contribution in [-0.4, -0.2) is 32.2 Å². The van der Waals surface area contributed by atoms with Crippen molar-refractivity contribution in [2.75, 3.05) is 5.32 Å². The zero-order chi connectivity index (χ0) is 16.9. The first-order valence-corrected chi connectivity index (χ1v) is 8.51. The highest BCUT2D eigenvalue weighted by Crippen LogP contribution is 2.26. The largest absolute Gasteiger partial charge is 0.345 e. The van der Waals surface area contributed by atoms with Gasteiger partial charge in [0.25, 0.3) is 0 Å². The van der Waals surface area contributed by atoms with Gasteiger partial charge in [-0.1, -0.05) is 19.3 Å². The van der Waals surface area contributed by atoms with E-state index in [-0.39, 0.29) is 11.8 Å². The van der Waals surface area contributed by atoms with Crippen molar-refractivity contribution in [3.8, 4) is 0 Å². The van der Waals surface area contributed by atoms with Crippen LogP contribution in [0.25, 0.3) is 5.78 Å². The summed E-state index contributed by atoms with van der Waals surface area (Å²) >= 11 is 0. The van der Waals surface area contributed by atoms with Gasteiger partial charge in [-0.3, -0.25) is 14.0 Å². The Morgan fingerprint density at radius 2 is 2.08 bits per heavy atom. The molecule has 128 valence electrons. The molecule has 0 radical (unpaired) electrons. The molecule has 2 aromatic rings. The van der Waals surface area contributed by atoms with E-state index in [1.807, 2.05) is 0 Å². The molecule has 1 aliphatic rings. The third-order valence-electron chi connectivity index (χ3n) is 4.48. The van der Waals surface area contributed by atoms with Gasteiger partial charge in [0, 0.05) is 25.0 Å².